The Balaban J connectivity index is 1.21. The van der Waals surface area contributed by atoms with Crippen molar-refractivity contribution in [1.29, 1.82) is 0 Å². The van der Waals surface area contributed by atoms with Gasteiger partial charge in [-0.25, -0.2) is 4.57 Å². The van der Waals surface area contributed by atoms with E-state index in [1.54, 1.807) is 0 Å². The quantitative estimate of drug-likeness (QED) is 0.0918. The lowest BCUT2D eigenvalue weighted by Crippen LogP contribution is -2.59. The van der Waals surface area contributed by atoms with Crippen LogP contribution < -0.4 is 21.0 Å². The Labute approximate surface area is 321 Å². The summed E-state index contributed by atoms with van der Waals surface area (Å²) in [5.74, 6) is 0. The molecule has 0 radical (unpaired) electrons. The van der Waals surface area contributed by atoms with Crippen LogP contribution in [0.2, 0.25) is 0 Å². The SMILES string of the molecule is Cc1cccc2c3ccccc3n3c4c(-c5cc6c7c(c5)-n5c8ccccc8c8cccc(c85)B7c5cccc7c8ccccc8n-6c57)cccc4[n+](C)c3c12. The molecule has 8 aromatic carbocycles. The number of nitrogens with zero attached hydrogens (tertiary/aromatic N) is 4. The molecule has 0 aliphatic carbocycles. The molecule has 12 aromatic rings. The monoisotopic (exact) mass is 711 g/mol. The summed E-state index contributed by atoms with van der Waals surface area (Å²) in [4.78, 5) is 0. The summed E-state index contributed by atoms with van der Waals surface area (Å²) in [5, 5.41) is 9.09. The van der Waals surface area contributed by atoms with Crippen LogP contribution in [0.25, 0.3) is 104 Å². The number of benzene rings is 8. The van der Waals surface area contributed by atoms with Crippen molar-refractivity contribution in [2.24, 2.45) is 7.05 Å². The highest BCUT2D eigenvalue weighted by molar-refractivity contribution is 7.00. The molecule has 0 amide bonds. The summed E-state index contributed by atoms with van der Waals surface area (Å²) < 4.78 is 10.1. The van der Waals surface area contributed by atoms with Crippen LogP contribution in [-0.2, 0) is 7.05 Å². The first-order chi connectivity index (χ1) is 27.7. The molecular weight excluding hydrogens is 679 g/mol. The molecule has 0 spiro atoms. The topological polar surface area (TPSA) is 18.1 Å². The molecule has 6 heterocycles. The Hall–Kier alpha value is -7.11. The van der Waals surface area contributed by atoms with E-state index in [2.05, 4.69) is 190 Å². The first-order valence-electron chi connectivity index (χ1n) is 19.6. The van der Waals surface area contributed by atoms with Gasteiger partial charge in [0, 0.05) is 60.3 Å². The maximum Gasteiger partial charge on any atom is 0.295 e. The zero-order valence-corrected chi connectivity index (χ0v) is 30.9. The lowest BCUT2D eigenvalue weighted by atomic mass is 9.34. The molecule has 0 N–H and O–H groups in total. The van der Waals surface area contributed by atoms with Gasteiger partial charge in [0.25, 0.3) is 12.4 Å². The van der Waals surface area contributed by atoms with Gasteiger partial charge in [0.15, 0.2) is 11.0 Å². The number of fused-ring (bicyclic) bond motifs is 18. The van der Waals surface area contributed by atoms with Gasteiger partial charge < -0.3 is 9.13 Å². The lowest BCUT2D eigenvalue weighted by Gasteiger charge is -2.34. The Kier molecular flexibility index (Phi) is 5.20. The predicted octanol–water partition coefficient (Wildman–Crippen LogP) is 9.54. The Morgan fingerprint density at radius 2 is 1.00 bits per heavy atom. The number of para-hydroxylation sites is 6. The van der Waals surface area contributed by atoms with Gasteiger partial charge in [-0.3, -0.25) is 0 Å². The summed E-state index contributed by atoms with van der Waals surface area (Å²) in [6.07, 6.45) is 0. The Bertz CT molecular complexity index is 3660. The van der Waals surface area contributed by atoms with Crippen LogP contribution in [0.3, 0.4) is 0 Å². The number of rotatable bonds is 1. The van der Waals surface area contributed by atoms with E-state index in [0.29, 0.717) is 0 Å². The Morgan fingerprint density at radius 3 is 1.64 bits per heavy atom. The van der Waals surface area contributed by atoms with E-state index in [1.165, 1.54) is 126 Å². The molecule has 5 heteroatoms. The van der Waals surface area contributed by atoms with Crippen molar-refractivity contribution in [3.05, 3.63) is 163 Å². The average molecular weight is 712 g/mol. The third kappa shape index (κ3) is 3.27. The fourth-order valence-electron chi connectivity index (χ4n) is 11.2. The molecule has 2 aliphatic heterocycles. The first-order valence-corrected chi connectivity index (χ1v) is 19.6. The largest absolute Gasteiger partial charge is 0.310 e. The molecule has 0 saturated carbocycles. The molecule has 14 rings (SSSR count). The van der Waals surface area contributed by atoms with Crippen LogP contribution >= 0.6 is 0 Å². The maximum atomic E-state index is 2.58. The number of hydrogen-bond donors (Lipinski definition) is 0. The van der Waals surface area contributed by atoms with Crippen molar-refractivity contribution in [2.75, 3.05) is 0 Å². The third-order valence-corrected chi connectivity index (χ3v) is 13.4. The Morgan fingerprint density at radius 1 is 0.482 bits per heavy atom. The summed E-state index contributed by atoms with van der Waals surface area (Å²) >= 11 is 0. The van der Waals surface area contributed by atoms with Gasteiger partial charge in [-0.1, -0.05) is 115 Å². The van der Waals surface area contributed by atoms with E-state index in [1.807, 2.05) is 0 Å². The first kappa shape index (κ1) is 29.3. The van der Waals surface area contributed by atoms with E-state index in [9.17, 15) is 0 Å². The standard InChI is InChI=1S/C51H32BN4/c1-29-13-9-18-35-32-14-3-8-25-42(32)56-50-31(17-12-26-43(50)53(2)51(56)46(29)35)30-27-44-47-45(28-30)55-41-24-7-5-16-34(41)37-20-11-22-39(49(37)55)52(47)38-21-10-19-36-33-15-4-6-23-40(33)54(44)48(36)38/h3-28H,1-2H3/q+1. The summed E-state index contributed by atoms with van der Waals surface area (Å²) in [6, 6.07) is 59.5. The van der Waals surface area contributed by atoms with Crippen molar-refractivity contribution in [3.63, 3.8) is 0 Å². The third-order valence-electron chi connectivity index (χ3n) is 13.4. The second-order valence-electron chi connectivity index (χ2n) is 16.0. The molecule has 4 nitrogen and oxygen atoms in total. The van der Waals surface area contributed by atoms with Crippen molar-refractivity contribution < 1.29 is 4.57 Å². The minimum absolute atomic E-state index is 0.107. The van der Waals surface area contributed by atoms with Crippen molar-refractivity contribution >= 4 is 105 Å². The normalized spacial score (nSPS) is 13.1. The molecule has 0 fully saturated rings. The van der Waals surface area contributed by atoms with Gasteiger partial charge in [0.05, 0.1) is 23.5 Å². The van der Waals surface area contributed by atoms with Gasteiger partial charge in [-0.05, 0) is 76.9 Å². The van der Waals surface area contributed by atoms with E-state index in [0.717, 1.165) is 0 Å². The molecule has 0 saturated heterocycles. The number of aryl methyl sites for hydroxylation is 2. The molecule has 0 atom stereocenters. The molecule has 0 bridgehead atoms. The van der Waals surface area contributed by atoms with Gasteiger partial charge in [0.1, 0.15) is 5.52 Å². The highest BCUT2D eigenvalue weighted by atomic mass is 15.1. The van der Waals surface area contributed by atoms with Crippen molar-refractivity contribution in [2.45, 2.75) is 6.92 Å². The second-order valence-corrected chi connectivity index (χ2v) is 16.0. The molecule has 2 aliphatic rings. The van der Waals surface area contributed by atoms with E-state index >= 15 is 0 Å². The van der Waals surface area contributed by atoms with Gasteiger partial charge in [-0.15, -0.1) is 0 Å². The maximum absolute atomic E-state index is 2.58. The predicted molar refractivity (Wildman–Crippen MR) is 235 cm³/mol. The van der Waals surface area contributed by atoms with E-state index < -0.39 is 0 Å². The summed E-state index contributed by atoms with van der Waals surface area (Å²) in [6.45, 7) is 2.36. The van der Waals surface area contributed by atoms with Crippen LogP contribution in [-0.4, -0.2) is 20.2 Å². The van der Waals surface area contributed by atoms with Crippen molar-refractivity contribution in [3.8, 4) is 22.5 Å². The van der Waals surface area contributed by atoms with Crippen LogP contribution in [0.4, 0.5) is 0 Å². The number of hydrogen-bond acceptors (Lipinski definition) is 0. The van der Waals surface area contributed by atoms with Crippen LogP contribution in [0.1, 0.15) is 5.56 Å². The fraction of sp³-hybridized carbons (Fsp3) is 0.0392. The lowest BCUT2D eigenvalue weighted by molar-refractivity contribution is -0.617. The fourth-order valence-corrected chi connectivity index (χ4v) is 11.2. The van der Waals surface area contributed by atoms with Crippen LogP contribution in [0, 0.1) is 6.92 Å². The zero-order chi connectivity index (χ0) is 36.6. The molecule has 258 valence electrons. The van der Waals surface area contributed by atoms with E-state index in [-0.39, 0.29) is 6.71 Å². The zero-order valence-electron chi connectivity index (χ0n) is 30.9. The van der Waals surface area contributed by atoms with Gasteiger partial charge in [0.2, 0.25) is 0 Å². The van der Waals surface area contributed by atoms with Crippen LogP contribution in [0.5, 0.6) is 0 Å². The number of imidazole rings is 1. The average Bonchev–Trinajstić information content (AvgIpc) is 3.88. The summed E-state index contributed by atoms with van der Waals surface area (Å²) in [5.41, 5.74) is 20.4. The number of pyridine rings is 1. The highest BCUT2D eigenvalue weighted by Gasteiger charge is 2.41. The van der Waals surface area contributed by atoms with Crippen LogP contribution in [0.15, 0.2) is 158 Å². The number of aromatic nitrogens is 4. The molecular formula is C51H32BN4+. The minimum Gasteiger partial charge on any atom is -0.310 e. The second kappa shape index (κ2) is 9.95. The van der Waals surface area contributed by atoms with Crippen molar-refractivity contribution in [1.82, 2.24) is 13.5 Å². The van der Waals surface area contributed by atoms with Gasteiger partial charge >= 0.3 is 0 Å². The highest BCUT2D eigenvalue weighted by Crippen LogP contribution is 2.42. The van der Waals surface area contributed by atoms with E-state index in [4.69, 9.17) is 0 Å². The molecule has 56 heavy (non-hydrogen) atoms. The molecule has 0 unspecified atom stereocenters. The van der Waals surface area contributed by atoms with Gasteiger partial charge in [-0.2, -0.15) is 4.40 Å². The summed E-state index contributed by atoms with van der Waals surface area (Å²) in [7, 11) is 2.24. The smallest absolute Gasteiger partial charge is 0.295 e. The minimum atomic E-state index is 0.107. The molecule has 4 aromatic heterocycles.